The van der Waals surface area contributed by atoms with Gasteiger partial charge in [0.1, 0.15) is 5.82 Å². The molecule has 4 rings (SSSR count). The lowest BCUT2D eigenvalue weighted by molar-refractivity contribution is 0.0718. The molecule has 1 fully saturated rings. The molecule has 0 saturated carbocycles. The molecule has 1 N–H and O–H groups in total. The van der Waals surface area contributed by atoms with Gasteiger partial charge < -0.3 is 9.80 Å². The van der Waals surface area contributed by atoms with E-state index in [1.807, 2.05) is 42.2 Å². The van der Waals surface area contributed by atoms with E-state index in [-0.39, 0.29) is 11.8 Å². The van der Waals surface area contributed by atoms with Crippen LogP contribution in [-0.2, 0) is 6.42 Å². The molecule has 1 aromatic carbocycles. The summed E-state index contributed by atoms with van der Waals surface area (Å²) in [7, 11) is 0. The molecular weight excluding hydrogens is 380 g/mol. The second-order valence-electron chi connectivity index (χ2n) is 7.23. The Morgan fingerprint density at radius 3 is 2.10 bits per heavy atom. The van der Waals surface area contributed by atoms with Crippen LogP contribution in [0.1, 0.15) is 39.9 Å². The Balaban J connectivity index is 1.39. The standard InChI is InChI=1S/C22H24N6O2/c1-2-20-23-14-18(15-24-20)22(30)28-11-3-10-27(12-13-28)21(29)17-6-4-16(5-7-17)19-8-9-25-26-19/h4-9,14-15H,2-3,10-13H2,1H3,(H,25,26). The van der Waals surface area contributed by atoms with E-state index in [9.17, 15) is 9.59 Å². The first-order valence-electron chi connectivity index (χ1n) is 10.1. The molecule has 154 valence electrons. The van der Waals surface area contributed by atoms with E-state index in [4.69, 9.17) is 0 Å². The Kier molecular flexibility index (Phi) is 5.83. The van der Waals surface area contributed by atoms with Crippen LogP contribution in [0.2, 0.25) is 0 Å². The first-order chi connectivity index (χ1) is 14.7. The van der Waals surface area contributed by atoms with Crippen molar-refractivity contribution in [1.29, 1.82) is 0 Å². The highest BCUT2D eigenvalue weighted by atomic mass is 16.2. The van der Waals surface area contributed by atoms with Gasteiger partial charge in [-0.05, 0) is 30.2 Å². The van der Waals surface area contributed by atoms with Gasteiger partial charge in [-0.2, -0.15) is 5.10 Å². The Hall–Kier alpha value is -3.55. The topological polar surface area (TPSA) is 95.1 Å². The minimum absolute atomic E-state index is 0.0175. The van der Waals surface area contributed by atoms with Crippen LogP contribution in [0.5, 0.6) is 0 Å². The van der Waals surface area contributed by atoms with Crippen molar-refractivity contribution in [2.24, 2.45) is 0 Å². The number of nitrogens with zero attached hydrogens (tertiary/aromatic N) is 5. The van der Waals surface area contributed by atoms with Crippen molar-refractivity contribution in [3.8, 4) is 11.3 Å². The summed E-state index contributed by atoms with van der Waals surface area (Å²) in [5.74, 6) is 0.615. The maximum absolute atomic E-state index is 12.9. The monoisotopic (exact) mass is 404 g/mol. The number of hydrogen-bond acceptors (Lipinski definition) is 5. The average molecular weight is 404 g/mol. The fourth-order valence-corrected chi connectivity index (χ4v) is 3.55. The fourth-order valence-electron chi connectivity index (χ4n) is 3.55. The lowest BCUT2D eigenvalue weighted by Gasteiger charge is -2.22. The second kappa shape index (κ2) is 8.86. The third-order valence-electron chi connectivity index (χ3n) is 5.28. The average Bonchev–Trinajstić information content (AvgIpc) is 3.23. The van der Waals surface area contributed by atoms with Gasteiger partial charge >= 0.3 is 0 Å². The molecular formula is C22H24N6O2. The lowest BCUT2D eigenvalue weighted by Crippen LogP contribution is -2.37. The van der Waals surface area contributed by atoms with Crippen molar-refractivity contribution in [2.45, 2.75) is 19.8 Å². The molecule has 1 aliphatic heterocycles. The zero-order valence-electron chi connectivity index (χ0n) is 16.9. The first-order valence-corrected chi connectivity index (χ1v) is 10.1. The number of amides is 2. The molecule has 1 aliphatic rings. The predicted molar refractivity (Wildman–Crippen MR) is 112 cm³/mol. The fraction of sp³-hybridized carbons (Fsp3) is 0.318. The van der Waals surface area contributed by atoms with Crippen LogP contribution >= 0.6 is 0 Å². The number of rotatable bonds is 4. The Labute approximate surface area is 175 Å². The molecule has 1 saturated heterocycles. The van der Waals surface area contributed by atoms with Gasteiger partial charge in [-0.15, -0.1) is 0 Å². The van der Waals surface area contributed by atoms with Gasteiger partial charge in [-0.25, -0.2) is 9.97 Å². The van der Waals surface area contributed by atoms with E-state index < -0.39 is 0 Å². The van der Waals surface area contributed by atoms with Gasteiger partial charge in [0, 0.05) is 56.8 Å². The molecule has 8 nitrogen and oxygen atoms in total. The summed E-state index contributed by atoms with van der Waals surface area (Å²) in [5, 5.41) is 6.87. The molecule has 0 spiro atoms. The SMILES string of the molecule is CCc1ncc(C(=O)N2CCCN(C(=O)c3ccc(-c4ccn[nH]4)cc3)CC2)cn1. The van der Waals surface area contributed by atoms with Gasteiger partial charge in [0.15, 0.2) is 0 Å². The Morgan fingerprint density at radius 1 is 0.900 bits per heavy atom. The number of aryl methyl sites for hydroxylation is 1. The quantitative estimate of drug-likeness (QED) is 0.721. The van der Waals surface area contributed by atoms with E-state index in [1.54, 1.807) is 23.5 Å². The summed E-state index contributed by atoms with van der Waals surface area (Å²) in [4.78, 5) is 37.8. The molecule has 8 heteroatoms. The van der Waals surface area contributed by atoms with Crippen molar-refractivity contribution in [1.82, 2.24) is 30.0 Å². The molecule has 0 unspecified atom stereocenters. The highest BCUT2D eigenvalue weighted by Gasteiger charge is 2.24. The van der Waals surface area contributed by atoms with E-state index in [2.05, 4.69) is 20.2 Å². The smallest absolute Gasteiger partial charge is 0.257 e. The molecule has 0 aliphatic carbocycles. The lowest BCUT2D eigenvalue weighted by atomic mass is 10.1. The van der Waals surface area contributed by atoms with Gasteiger partial charge in [0.2, 0.25) is 0 Å². The van der Waals surface area contributed by atoms with Crippen LogP contribution in [0.25, 0.3) is 11.3 Å². The van der Waals surface area contributed by atoms with Crippen molar-refractivity contribution in [3.63, 3.8) is 0 Å². The summed E-state index contributed by atoms with van der Waals surface area (Å²) in [6.45, 7) is 4.20. The van der Waals surface area contributed by atoms with Crippen molar-refractivity contribution < 1.29 is 9.59 Å². The van der Waals surface area contributed by atoms with Crippen LogP contribution in [0.3, 0.4) is 0 Å². The third-order valence-corrected chi connectivity index (χ3v) is 5.28. The third kappa shape index (κ3) is 4.22. The zero-order valence-corrected chi connectivity index (χ0v) is 16.9. The normalized spacial score (nSPS) is 14.4. The second-order valence-corrected chi connectivity index (χ2v) is 7.23. The number of carbonyl (C=O) groups is 2. The number of carbonyl (C=O) groups excluding carboxylic acids is 2. The van der Waals surface area contributed by atoms with E-state index in [1.165, 1.54) is 0 Å². The minimum Gasteiger partial charge on any atom is -0.337 e. The summed E-state index contributed by atoms with van der Waals surface area (Å²) in [5.41, 5.74) is 3.02. The largest absolute Gasteiger partial charge is 0.337 e. The molecule has 0 bridgehead atoms. The molecule has 30 heavy (non-hydrogen) atoms. The van der Waals surface area contributed by atoms with Gasteiger partial charge in [-0.1, -0.05) is 19.1 Å². The Bertz CT molecular complexity index is 999. The molecule has 2 amide bonds. The van der Waals surface area contributed by atoms with Crippen LogP contribution < -0.4 is 0 Å². The molecule has 0 atom stereocenters. The number of H-pyrrole nitrogens is 1. The maximum atomic E-state index is 12.9. The summed E-state index contributed by atoms with van der Waals surface area (Å²) < 4.78 is 0. The van der Waals surface area contributed by atoms with Crippen LogP contribution in [-0.4, -0.2) is 68.0 Å². The van der Waals surface area contributed by atoms with Gasteiger partial charge in [-0.3, -0.25) is 14.7 Å². The van der Waals surface area contributed by atoms with Crippen molar-refractivity contribution >= 4 is 11.8 Å². The summed E-state index contributed by atoms with van der Waals surface area (Å²) in [6, 6.07) is 9.37. The summed E-state index contributed by atoms with van der Waals surface area (Å²) in [6.07, 6.45) is 6.34. The van der Waals surface area contributed by atoms with Crippen LogP contribution in [0.15, 0.2) is 48.9 Å². The number of benzene rings is 1. The number of aromatic amines is 1. The van der Waals surface area contributed by atoms with E-state index in [0.717, 1.165) is 29.9 Å². The molecule has 3 aromatic rings. The number of aromatic nitrogens is 4. The van der Waals surface area contributed by atoms with Crippen molar-refractivity contribution in [3.05, 3.63) is 65.9 Å². The van der Waals surface area contributed by atoms with Gasteiger partial charge in [0.25, 0.3) is 11.8 Å². The highest BCUT2D eigenvalue weighted by molar-refractivity contribution is 5.95. The molecule has 0 radical (unpaired) electrons. The van der Waals surface area contributed by atoms with E-state index in [0.29, 0.717) is 37.3 Å². The van der Waals surface area contributed by atoms with Crippen LogP contribution in [0.4, 0.5) is 0 Å². The predicted octanol–water partition coefficient (Wildman–Crippen LogP) is 2.42. The maximum Gasteiger partial charge on any atom is 0.257 e. The summed E-state index contributed by atoms with van der Waals surface area (Å²) >= 11 is 0. The molecule has 2 aromatic heterocycles. The van der Waals surface area contributed by atoms with E-state index >= 15 is 0 Å². The zero-order chi connectivity index (χ0) is 20.9. The minimum atomic E-state index is -0.0872. The number of hydrogen-bond donors (Lipinski definition) is 1. The molecule has 3 heterocycles. The van der Waals surface area contributed by atoms with Gasteiger partial charge in [0.05, 0.1) is 11.3 Å². The highest BCUT2D eigenvalue weighted by Crippen LogP contribution is 2.18. The Morgan fingerprint density at radius 2 is 1.53 bits per heavy atom. The number of nitrogens with one attached hydrogen (secondary N) is 1. The van der Waals surface area contributed by atoms with Crippen LogP contribution in [0, 0.1) is 0 Å². The first kappa shape index (κ1) is 19.8. The van der Waals surface area contributed by atoms with Crippen molar-refractivity contribution in [2.75, 3.05) is 26.2 Å².